The van der Waals surface area contributed by atoms with Crippen LogP contribution in [0.4, 0.5) is 0 Å². The molecule has 6 nitrogen and oxygen atoms in total. The summed E-state index contributed by atoms with van der Waals surface area (Å²) < 4.78 is 33.3. The largest absolute Gasteiger partial charge is 0.456 e. The maximum absolute atomic E-state index is 12.5. The Labute approximate surface area is 133 Å². The Morgan fingerprint density at radius 2 is 1.87 bits per heavy atom. The van der Waals surface area contributed by atoms with Gasteiger partial charge in [0.1, 0.15) is 11.2 Å². The smallest absolute Gasteiger partial charge is 0.240 e. The van der Waals surface area contributed by atoms with E-state index < -0.39 is 10.0 Å². The second-order valence-corrected chi connectivity index (χ2v) is 7.29. The van der Waals surface area contributed by atoms with Crippen LogP contribution in [-0.4, -0.2) is 32.4 Å². The van der Waals surface area contributed by atoms with E-state index in [1.54, 1.807) is 12.1 Å². The highest BCUT2D eigenvalue weighted by Gasteiger charge is 2.30. The molecule has 0 aliphatic carbocycles. The molecule has 0 bridgehead atoms. The Morgan fingerprint density at radius 1 is 1.13 bits per heavy atom. The number of rotatable bonds is 3. The fourth-order valence-corrected chi connectivity index (χ4v) is 4.04. The lowest BCUT2D eigenvalue weighted by atomic mass is 10.1. The molecule has 23 heavy (non-hydrogen) atoms. The van der Waals surface area contributed by atoms with Crippen molar-refractivity contribution in [2.45, 2.75) is 10.9 Å². The van der Waals surface area contributed by atoms with Gasteiger partial charge in [-0.3, -0.25) is 0 Å². The average molecular weight is 327 g/mol. The zero-order valence-electron chi connectivity index (χ0n) is 12.1. The summed E-state index contributed by atoms with van der Waals surface area (Å²) in [6, 6.07) is 12.1. The van der Waals surface area contributed by atoms with E-state index in [0.717, 1.165) is 16.4 Å². The van der Waals surface area contributed by atoms with Crippen molar-refractivity contribution in [3.63, 3.8) is 0 Å². The molecule has 0 amide bonds. The Bertz CT molecular complexity index is 1040. The van der Waals surface area contributed by atoms with Crippen molar-refractivity contribution in [1.29, 1.82) is 5.26 Å². The Kier molecular flexibility index (Phi) is 3.04. The molecule has 7 heteroatoms. The topological polar surface area (TPSA) is 86.3 Å². The van der Waals surface area contributed by atoms with Crippen LogP contribution < -0.4 is 4.72 Å². The first kappa shape index (κ1) is 14.1. The molecule has 116 valence electrons. The molecule has 4 rings (SSSR count). The van der Waals surface area contributed by atoms with E-state index in [0.29, 0.717) is 18.7 Å². The predicted octanol–water partition coefficient (Wildman–Crippen LogP) is 2.03. The number of likely N-dealkylation sites (tertiary alicyclic amines) is 1. The van der Waals surface area contributed by atoms with Gasteiger partial charge in [0, 0.05) is 23.9 Å². The average Bonchev–Trinajstić information content (AvgIpc) is 2.88. The number of fused-ring (bicyclic) bond motifs is 3. The van der Waals surface area contributed by atoms with Crippen molar-refractivity contribution in [2.24, 2.45) is 0 Å². The summed E-state index contributed by atoms with van der Waals surface area (Å²) in [7, 11) is -3.62. The van der Waals surface area contributed by atoms with Crippen LogP contribution in [0.1, 0.15) is 0 Å². The molecule has 3 aromatic rings. The number of nitrogens with one attached hydrogen (secondary N) is 1. The summed E-state index contributed by atoms with van der Waals surface area (Å²) in [5.41, 5.74) is 1.39. The van der Waals surface area contributed by atoms with Crippen LogP contribution in [0.5, 0.6) is 0 Å². The third-order valence-electron chi connectivity index (χ3n) is 4.00. The minimum absolute atomic E-state index is 0.201. The lowest BCUT2D eigenvalue weighted by molar-refractivity contribution is 0.220. The number of hydrogen-bond donors (Lipinski definition) is 1. The first-order valence-corrected chi connectivity index (χ1v) is 8.63. The number of sulfonamides is 1. The van der Waals surface area contributed by atoms with Gasteiger partial charge in [-0.05, 0) is 24.3 Å². The highest BCUT2D eigenvalue weighted by molar-refractivity contribution is 7.89. The molecule has 2 heterocycles. The van der Waals surface area contributed by atoms with Gasteiger partial charge < -0.3 is 9.32 Å². The summed E-state index contributed by atoms with van der Waals surface area (Å²) in [4.78, 5) is 1.70. The normalized spacial score (nSPS) is 15.7. The van der Waals surface area contributed by atoms with Crippen molar-refractivity contribution in [3.8, 4) is 6.19 Å². The van der Waals surface area contributed by atoms with E-state index in [2.05, 4.69) is 4.72 Å². The van der Waals surface area contributed by atoms with Crippen LogP contribution in [0.25, 0.3) is 21.9 Å². The second-order valence-electron chi connectivity index (χ2n) is 5.58. The van der Waals surface area contributed by atoms with Crippen molar-refractivity contribution >= 4 is 32.0 Å². The summed E-state index contributed by atoms with van der Waals surface area (Å²) in [6.45, 7) is 0.819. The van der Waals surface area contributed by atoms with Crippen LogP contribution >= 0.6 is 0 Å². The predicted molar refractivity (Wildman–Crippen MR) is 85.0 cm³/mol. The van der Waals surface area contributed by atoms with Crippen molar-refractivity contribution in [3.05, 3.63) is 42.5 Å². The monoisotopic (exact) mass is 327 g/mol. The highest BCUT2D eigenvalue weighted by atomic mass is 32.2. The number of benzene rings is 2. The summed E-state index contributed by atoms with van der Waals surface area (Å²) in [6.07, 6.45) is 1.98. The van der Waals surface area contributed by atoms with Gasteiger partial charge in [0.2, 0.25) is 10.0 Å². The van der Waals surface area contributed by atoms with Gasteiger partial charge in [-0.1, -0.05) is 18.2 Å². The van der Waals surface area contributed by atoms with Gasteiger partial charge in [-0.25, -0.2) is 13.1 Å². The van der Waals surface area contributed by atoms with E-state index in [9.17, 15) is 8.42 Å². The standard InChI is InChI=1S/C16H13N3O3S/c17-10-19-8-11(9-19)18-23(20,21)12-5-6-16-14(7-12)13-3-1-2-4-15(13)22-16/h1-7,11,18H,8-9H2. The van der Waals surface area contributed by atoms with E-state index in [4.69, 9.17) is 9.68 Å². The lowest BCUT2D eigenvalue weighted by Gasteiger charge is -2.34. The molecule has 1 saturated heterocycles. The van der Waals surface area contributed by atoms with Crippen molar-refractivity contribution in [1.82, 2.24) is 9.62 Å². The Hall–Kier alpha value is -2.56. The number of furan rings is 1. The lowest BCUT2D eigenvalue weighted by Crippen LogP contribution is -2.57. The molecule has 1 fully saturated rings. The van der Waals surface area contributed by atoms with E-state index in [1.165, 1.54) is 11.0 Å². The second kappa shape index (κ2) is 4.98. The third-order valence-corrected chi connectivity index (χ3v) is 5.52. The van der Waals surface area contributed by atoms with Crippen LogP contribution in [0.15, 0.2) is 51.8 Å². The quantitative estimate of drug-likeness (QED) is 0.744. The van der Waals surface area contributed by atoms with Gasteiger partial charge in [0.15, 0.2) is 6.19 Å². The molecule has 1 aliphatic heterocycles. The van der Waals surface area contributed by atoms with E-state index in [1.807, 2.05) is 30.5 Å². The number of nitrogens with zero attached hydrogens (tertiary/aromatic N) is 2. The summed E-state index contributed by atoms with van der Waals surface area (Å²) >= 11 is 0. The molecule has 0 atom stereocenters. The maximum Gasteiger partial charge on any atom is 0.240 e. The fraction of sp³-hybridized carbons (Fsp3) is 0.188. The van der Waals surface area contributed by atoms with Crippen LogP contribution in [-0.2, 0) is 10.0 Å². The first-order chi connectivity index (χ1) is 11.1. The molecule has 0 unspecified atom stereocenters. The van der Waals surface area contributed by atoms with Gasteiger partial charge in [-0.15, -0.1) is 0 Å². The highest BCUT2D eigenvalue weighted by Crippen LogP contribution is 2.30. The van der Waals surface area contributed by atoms with E-state index >= 15 is 0 Å². The number of hydrogen-bond acceptors (Lipinski definition) is 5. The molecule has 1 aromatic heterocycles. The number of nitriles is 1. The third kappa shape index (κ3) is 2.32. The fourth-order valence-electron chi connectivity index (χ4n) is 2.79. The SMILES string of the molecule is N#CN1CC(NS(=O)(=O)c2ccc3oc4ccccc4c3c2)C1. The Morgan fingerprint density at radius 3 is 2.65 bits per heavy atom. The molecular formula is C16H13N3O3S. The zero-order valence-corrected chi connectivity index (χ0v) is 12.9. The van der Waals surface area contributed by atoms with Crippen LogP contribution in [0, 0.1) is 11.5 Å². The van der Waals surface area contributed by atoms with Crippen molar-refractivity contribution < 1.29 is 12.8 Å². The van der Waals surface area contributed by atoms with Crippen LogP contribution in [0.2, 0.25) is 0 Å². The Balaban J connectivity index is 1.71. The molecule has 0 saturated carbocycles. The molecule has 1 aliphatic rings. The van der Waals surface area contributed by atoms with Crippen molar-refractivity contribution in [2.75, 3.05) is 13.1 Å². The summed E-state index contributed by atoms with van der Waals surface area (Å²) in [5.74, 6) is 0. The minimum Gasteiger partial charge on any atom is -0.456 e. The molecule has 1 N–H and O–H groups in total. The summed E-state index contributed by atoms with van der Waals surface area (Å²) in [5, 5.41) is 10.4. The zero-order chi connectivity index (χ0) is 16.0. The number of para-hydroxylation sites is 1. The maximum atomic E-state index is 12.5. The van der Waals surface area contributed by atoms with Gasteiger partial charge in [0.05, 0.1) is 10.9 Å². The molecule has 0 radical (unpaired) electrons. The first-order valence-electron chi connectivity index (χ1n) is 7.15. The molecule has 2 aromatic carbocycles. The van der Waals surface area contributed by atoms with Gasteiger partial charge in [-0.2, -0.15) is 5.26 Å². The van der Waals surface area contributed by atoms with Crippen LogP contribution in [0.3, 0.4) is 0 Å². The van der Waals surface area contributed by atoms with E-state index in [-0.39, 0.29) is 10.9 Å². The minimum atomic E-state index is -3.62. The van der Waals surface area contributed by atoms with Gasteiger partial charge >= 0.3 is 0 Å². The molecular weight excluding hydrogens is 314 g/mol. The van der Waals surface area contributed by atoms with Gasteiger partial charge in [0.25, 0.3) is 0 Å². The molecule has 0 spiro atoms.